The highest BCUT2D eigenvalue weighted by Gasteiger charge is 2.09. The average molecular weight is 258 g/mol. The van der Waals surface area contributed by atoms with Gasteiger partial charge in [0.25, 0.3) is 0 Å². The van der Waals surface area contributed by atoms with Crippen LogP contribution in [-0.2, 0) is 7.05 Å². The summed E-state index contributed by atoms with van der Waals surface area (Å²) >= 11 is 0. The highest BCUT2D eigenvalue weighted by atomic mass is 15.2. The smallest absolute Gasteiger partial charge is 0.0542 e. The van der Waals surface area contributed by atoms with Crippen molar-refractivity contribution in [2.45, 2.75) is 19.9 Å². The molecule has 0 aliphatic heterocycles. The monoisotopic (exact) mass is 258 g/mol. The lowest BCUT2D eigenvalue weighted by Gasteiger charge is -2.19. The minimum Gasteiger partial charge on any atom is -0.378 e. The Bertz CT molecular complexity index is 557. The Morgan fingerprint density at radius 3 is 2.58 bits per heavy atom. The van der Waals surface area contributed by atoms with Crippen LogP contribution in [0.1, 0.15) is 24.1 Å². The zero-order valence-electron chi connectivity index (χ0n) is 12.3. The number of anilines is 2. The predicted octanol–water partition coefficient (Wildman–Crippen LogP) is 2.97. The maximum atomic E-state index is 4.21. The fourth-order valence-corrected chi connectivity index (χ4v) is 2.07. The molecule has 0 aliphatic carbocycles. The van der Waals surface area contributed by atoms with Crippen molar-refractivity contribution in [3.05, 3.63) is 41.7 Å². The van der Waals surface area contributed by atoms with Crippen LogP contribution in [0, 0.1) is 6.92 Å². The lowest BCUT2D eigenvalue weighted by Crippen LogP contribution is -2.10. The first-order valence-corrected chi connectivity index (χ1v) is 6.50. The summed E-state index contributed by atoms with van der Waals surface area (Å²) in [5.74, 6) is 0. The van der Waals surface area contributed by atoms with Crippen LogP contribution in [0.2, 0.25) is 0 Å². The standard InChI is InChI=1S/C15H22N4/c1-11-8-14(18(3)4)6-7-15(11)17-12(2)13-9-16-19(5)10-13/h6-10,12,17H,1-5H3. The van der Waals surface area contributed by atoms with Gasteiger partial charge in [-0.15, -0.1) is 0 Å². The van der Waals surface area contributed by atoms with E-state index in [0.717, 1.165) is 0 Å². The van der Waals surface area contributed by atoms with Crippen molar-refractivity contribution in [3.8, 4) is 0 Å². The van der Waals surface area contributed by atoms with E-state index in [4.69, 9.17) is 0 Å². The summed E-state index contributed by atoms with van der Waals surface area (Å²) in [6, 6.07) is 6.71. The fraction of sp³-hybridized carbons (Fsp3) is 0.400. The van der Waals surface area contributed by atoms with Gasteiger partial charge in [0, 0.05) is 44.3 Å². The molecule has 0 amide bonds. The quantitative estimate of drug-likeness (QED) is 0.915. The number of nitrogens with one attached hydrogen (secondary N) is 1. The van der Waals surface area contributed by atoms with Crippen LogP contribution < -0.4 is 10.2 Å². The topological polar surface area (TPSA) is 33.1 Å². The van der Waals surface area contributed by atoms with Crippen molar-refractivity contribution in [2.75, 3.05) is 24.3 Å². The van der Waals surface area contributed by atoms with E-state index in [1.807, 2.05) is 24.1 Å². The van der Waals surface area contributed by atoms with Crippen molar-refractivity contribution in [1.82, 2.24) is 9.78 Å². The highest BCUT2D eigenvalue weighted by Crippen LogP contribution is 2.25. The van der Waals surface area contributed by atoms with Crippen LogP contribution in [0.25, 0.3) is 0 Å². The summed E-state index contributed by atoms with van der Waals surface area (Å²) in [6.45, 7) is 4.28. The van der Waals surface area contributed by atoms with E-state index in [1.54, 1.807) is 0 Å². The molecule has 1 aromatic heterocycles. The fourth-order valence-electron chi connectivity index (χ4n) is 2.07. The van der Waals surface area contributed by atoms with Crippen LogP contribution in [0.4, 0.5) is 11.4 Å². The van der Waals surface area contributed by atoms with Crippen LogP contribution in [0.5, 0.6) is 0 Å². The molecule has 102 valence electrons. The van der Waals surface area contributed by atoms with E-state index in [9.17, 15) is 0 Å². The molecule has 1 aromatic carbocycles. The van der Waals surface area contributed by atoms with Gasteiger partial charge in [0.2, 0.25) is 0 Å². The van der Waals surface area contributed by atoms with Gasteiger partial charge in [-0.25, -0.2) is 0 Å². The van der Waals surface area contributed by atoms with Crippen molar-refractivity contribution in [2.24, 2.45) is 7.05 Å². The zero-order valence-corrected chi connectivity index (χ0v) is 12.3. The maximum absolute atomic E-state index is 4.21. The van der Waals surface area contributed by atoms with Crippen molar-refractivity contribution in [3.63, 3.8) is 0 Å². The molecule has 0 bridgehead atoms. The van der Waals surface area contributed by atoms with Gasteiger partial charge in [0.15, 0.2) is 0 Å². The van der Waals surface area contributed by atoms with Gasteiger partial charge in [-0.05, 0) is 37.6 Å². The summed E-state index contributed by atoms with van der Waals surface area (Å²) in [6.07, 6.45) is 3.95. The predicted molar refractivity (Wildman–Crippen MR) is 80.8 cm³/mol. The molecule has 4 nitrogen and oxygen atoms in total. The zero-order chi connectivity index (χ0) is 14.0. The first-order valence-electron chi connectivity index (χ1n) is 6.50. The van der Waals surface area contributed by atoms with Crippen molar-refractivity contribution in [1.29, 1.82) is 0 Å². The van der Waals surface area contributed by atoms with E-state index in [1.165, 1.54) is 22.5 Å². The molecule has 1 N–H and O–H groups in total. The summed E-state index contributed by atoms with van der Waals surface area (Å²) in [7, 11) is 6.05. The first-order chi connectivity index (χ1) is 8.97. The number of benzene rings is 1. The molecule has 2 rings (SSSR count). The van der Waals surface area contributed by atoms with Crippen molar-refractivity contribution < 1.29 is 0 Å². The summed E-state index contributed by atoms with van der Waals surface area (Å²) in [5.41, 5.74) is 4.83. The molecule has 0 radical (unpaired) electrons. The number of nitrogens with zero attached hydrogens (tertiary/aromatic N) is 3. The Balaban J connectivity index is 2.15. The first kappa shape index (κ1) is 13.5. The molecule has 2 aromatic rings. The van der Waals surface area contributed by atoms with Crippen LogP contribution >= 0.6 is 0 Å². The van der Waals surface area contributed by atoms with E-state index in [-0.39, 0.29) is 6.04 Å². The molecule has 0 aliphatic rings. The van der Waals surface area contributed by atoms with Gasteiger partial charge in [0.05, 0.1) is 12.2 Å². The second kappa shape index (κ2) is 5.34. The van der Waals surface area contributed by atoms with E-state index >= 15 is 0 Å². The summed E-state index contributed by atoms with van der Waals surface area (Å²) in [4.78, 5) is 2.11. The lowest BCUT2D eigenvalue weighted by molar-refractivity contribution is 0.765. The SMILES string of the molecule is Cc1cc(N(C)C)ccc1NC(C)c1cnn(C)c1. The van der Waals surface area contributed by atoms with E-state index in [2.05, 4.69) is 61.5 Å². The Morgan fingerprint density at radius 2 is 2.05 bits per heavy atom. The largest absolute Gasteiger partial charge is 0.378 e. The van der Waals surface area contributed by atoms with Gasteiger partial charge >= 0.3 is 0 Å². The second-order valence-corrected chi connectivity index (χ2v) is 5.21. The third-order valence-corrected chi connectivity index (χ3v) is 3.32. The molecule has 0 saturated carbocycles. The minimum atomic E-state index is 0.248. The molecular formula is C15H22N4. The molecule has 0 fully saturated rings. The van der Waals surface area contributed by atoms with Gasteiger partial charge in [0.1, 0.15) is 0 Å². The Morgan fingerprint density at radius 1 is 1.32 bits per heavy atom. The Hall–Kier alpha value is -1.97. The van der Waals surface area contributed by atoms with Crippen molar-refractivity contribution >= 4 is 11.4 Å². The third-order valence-electron chi connectivity index (χ3n) is 3.32. The lowest BCUT2D eigenvalue weighted by atomic mass is 10.1. The molecule has 0 saturated heterocycles. The van der Waals surface area contributed by atoms with Crippen LogP contribution in [0.15, 0.2) is 30.6 Å². The summed E-state index contributed by atoms with van der Waals surface area (Å²) < 4.78 is 1.83. The minimum absolute atomic E-state index is 0.248. The van der Waals surface area contributed by atoms with Gasteiger partial charge in [-0.2, -0.15) is 5.10 Å². The van der Waals surface area contributed by atoms with Gasteiger partial charge < -0.3 is 10.2 Å². The third kappa shape index (κ3) is 3.08. The van der Waals surface area contributed by atoms with E-state index < -0.39 is 0 Å². The van der Waals surface area contributed by atoms with E-state index in [0.29, 0.717) is 0 Å². The highest BCUT2D eigenvalue weighted by molar-refractivity contribution is 5.60. The molecule has 4 heteroatoms. The number of rotatable bonds is 4. The average Bonchev–Trinajstić information content (AvgIpc) is 2.78. The number of hydrogen-bond donors (Lipinski definition) is 1. The molecule has 1 heterocycles. The van der Waals surface area contributed by atoms with Gasteiger partial charge in [-0.1, -0.05) is 0 Å². The number of hydrogen-bond acceptors (Lipinski definition) is 3. The molecule has 0 spiro atoms. The Kier molecular flexibility index (Phi) is 3.79. The molecule has 1 atom stereocenters. The number of aryl methyl sites for hydroxylation is 2. The molecular weight excluding hydrogens is 236 g/mol. The molecule has 19 heavy (non-hydrogen) atoms. The normalized spacial score (nSPS) is 12.3. The summed E-state index contributed by atoms with van der Waals surface area (Å²) in [5, 5.41) is 7.74. The van der Waals surface area contributed by atoms with Crippen LogP contribution in [-0.4, -0.2) is 23.9 Å². The second-order valence-electron chi connectivity index (χ2n) is 5.21. The number of aromatic nitrogens is 2. The van der Waals surface area contributed by atoms with Crippen LogP contribution in [0.3, 0.4) is 0 Å². The van der Waals surface area contributed by atoms with Gasteiger partial charge in [-0.3, -0.25) is 4.68 Å². The Labute approximate surface area is 115 Å². The maximum Gasteiger partial charge on any atom is 0.0542 e. The molecule has 1 unspecified atom stereocenters.